The summed E-state index contributed by atoms with van der Waals surface area (Å²) in [5, 5.41) is 3.63. The van der Waals surface area contributed by atoms with Gasteiger partial charge in [0.25, 0.3) is 0 Å². The van der Waals surface area contributed by atoms with Crippen molar-refractivity contribution in [3.8, 4) is 0 Å². The van der Waals surface area contributed by atoms with Crippen molar-refractivity contribution >= 4 is 21.5 Å². The van der Waals surface area contributed by atoms with Gasteiger partial charge in [0.1, 0.15) is 4.60 Å². The molecular weight excluding hydrogens is 276 g/mol. The van der Waals surface area contributed by atoms with E-state index in [-0.39, 0.29) is 0 Å². The van der Waals surface area contributed by atoms with Gasteiger partial charge >= 0.3 is 0 Å². The molecule has 1 saturated heterocycles. The number of piperidine rings is 1. The molecule has 2 nitrogen and oxygen atoms in total. The Balaban J connectivity index is 1.84. The molecule has 1 aromatic rings. The summed E-state index contributed by atoms with van der Waals surface area (Å²) < 4.78 is 0.909. The van der Waals surface area contributed by atoms with E-state index in [0.717, 1.165) is 10.5 Å². The van der Waals surface area contributed by atoms with Crippen LogP contribution in [0.25, 0.3) is 5.57 Å². The highest BCUT2D eigenvalue weighted by Crippen LogP contribution is 2.34. The van der Waals surface area contributed by atoms with Crippen molar-refractivity contribution in [1.29, 1.82) is 0 Å². The van der Waals surface area contributed by atoms with Crippen LogP contribution in [-0.4, -0.2) is 17.6 Å². The lowest BCUT2D eigenvalue weighted by molar-refractivity contribution is 0.298. The van der Waals surface area contributed by atoms with Gasteiger partial charge in [0.15, 0.2) is 0 Å². The van der Waals surface area contributed by atoms with Gasteiger partial charge in [0.2, 0.25) is 0 Å². The summed E-state index contributed by atoms with van der Waals surface area (Å²) in [5.41, 5.74) is 2.74. The number of rotatable bonds is 1. The fraction of sp³-hybridized carbons (Fsp3) is 0.500. The summed E-state index contributed by atoms with van der Waals surface area (Å²) in [6.45, 7) is 1.17. The number of hydrogen-bond acceptors (Lipinski definition) is 2. The molecule has 0 spiro atoms. The van der Waals surface area contributed by atoms with Gasteiger partial charge in [-0.05, 0) is 71.3 Å². The van der Waals surface area contributed by atoms with Gasteiger partial charge in [-0.15, -0.1) is 0 Å². The lowest BCUT2D eigenvalue weighted by Gasteiger charge is -2.35. The van der Waals surface area contributed by atoms with Crippen molar-refractivity contribution in [1.82, 2.24) is 10.3 Å². The number of fused-ring (bicyclic) bond motifs is 1. The third kappa shape index (κ3) is 2.45. The number of hydrogen-bond donors (Lipinski definition) is 1. The lowest BCUT2D eigenvalue weighted by atomic mass is 9.79. The van der Waals surface area contributed by atoms with Gasteiger partial charge in [0, 0.05) is 12.2 Å². The van der Waals surface area contributed by atoms with Crippen molar-refractivity contribution in [2.24, 2.45) is 5.92 Å². The summed E-state index contributed by atoms with van der Waals surface area (Å²) in [5.74, 6) is 0.857. The SMILES string of the molecule is Brc1ccc(C2=C[C@H]3NCCC[C@H]3CC2)cn1. The molecule has 0 saturated carbocycles. The molecule has 2 heterocycles. The van der Waals surface area contributed by atoms with Gasteiger partial charge in [-0.25, -0.2) is 4.98 Å². The van der Waals surface area contributed by atoms with E-state index in [1.165, 1.54) is 43.4 Å². The number of halogens is 1. The van der Waals surface area contributed by atoms with Crippen molar-refractivity contribution in [3.63, 3.8) is 0 Å². The molecule has 1 aliphatic heterocycles. The number of nitrogens with zero attached hydrogens (tertiary/aromatic N) is 1. The number of pyridine rings is 1. The summed E-state index contributed by atoms with van der Waals surface area (Å²) in [4.78, 5) is 4.31. The predicted molar refractivity (Wildman–Crippen MR) is 73.7 cm³/mol. The normalized spacial score (nSPS) is 28.4. The van der Waals surface area contributed by atoms with Gasteiger partial charge < -0.3 is 5.32 Å². The Bertz CT molecular complexity index is 424. The molecule has 1 fully saturated rings. The van der Waals surface area contributed by atoms with Crippen LogP contribution in [0.5, 0.6) is 0 Å². The van der Waals surface area contributed by atoms with Crippen LogP contribution in [0.15, 0.2) is 29.0 Å². The number of allylic oxidation sites excluding steroid dienone is 1. The molecule has 0 radical (unpaired) electrons. The van der Waals surface area contributed by atoms with E-state index in [0.29, 0.717) is 6.04 Å². The first-order valence-electron chi connectivity index (χ1n) is 6.39. The van der Waals surface area contributed by atoms with Crippen molar-refractivity contribution < 1.29 is 0 Å². The van der Waals surface area contributed by atoms with E-state index < -0.39 is 0 Å². The molecule has 90 valence electrons. The zero-order valence-corrected chi connectivity index (χ0v) is 11.4. The van der Waals surface area contributed by atoms with Crippen molar-refractivity contribution in [2.45, 2.75) is 31.7 Å². The van der Waals surface area contributed by atoms with Crippen LogP contribution in [0, 0.1) is 5.92 Å². The van der Waals surface area contributed by atoms with Crippen molar-refractivity contribution in [3.05, 3.63) is 34.6 Å². The zero-order valence-electron chi connectivity index (χ0n) is 9.82. The van der Waals surface area contributed by atoms with Gasteiger partial charge in [0.05, 0.1) is 0 Å². The molecular formula is C14H17BrN2. The van der Waals surface area contributed by atoms with E-state index in [4.69, 9.17) is 0 Å². The molecule has 2 atom stereocenters. The maximum atomic E-state index is 4.31. The van der Waals surface area contributed by atoms with E-state index >= 15 is 0 Å². The highest BCUT2D eigenvalue weighted by atomic mass is 79.9. The number of aromatic nitrogens is 1. The molecule has 3 heteroatoms. The summed E-state index contributed by atoms with van der Waals surface area (Å²) in [7, 11) is 0. The first-order chi connectivity index (χ1) is 8.33. The minimum absolute atomic E-state index is 0.594. The Kier molecular flexibility index (Phi) is 3.30. The van der Waals surface area contributed by atoms with Crippen LogP contribution in [0.4, 0.5) is 0 Å². The Hall–Kier alpha value is -0.670. The second-order valence-corrected chi connectivity index (χ2v) is 5.79. The molecule has 2 aliphatic rings. The lowest BCUT2D eigenvalue weighted by Crippen LogP contribution is -2.41. The third-order valence-corrected chi connectivity index (χ3v) is 4.37. The highest BCUT2D eigenvalue weighted by Gasteiger charge is 2.27. The topological polar surface area (TPSA) is 24.9 Å². The van der Waals surface area contributed by atoms with Gasteiger partial charge in [-0.3, -0.25) is 0 Å². The van der Waals surface area contributed by atoms with Crippen LogP contribution in [0.2, 0.25) is 0 Å². The van der Waals surface area contributed by atoms with Crippen LogP contribution >= 0.6 is 15.9 Å². The average Bonchev–Trinajstić information content (AvgIpc) is 2.39. The molecule has 1 N–H and O–H groups in total. The second-order valence-electron chi connectivity index (χ2n) is 4.98. The largest absolute Gasteiger partial charge is 0.310 e. The van der Waals surface area contributed by atoms with Crippen LogP contribution < -0.4 is 5.32 Å². The number of nitrogens with one attached hydrogen (secondary N) is 1. The Morgan fingerprint density at radius 3 is 3.06 bits per heavy atom. The maximum absolute atomic E-state index is 4.31. The van der Waals surface area contributed by atoms with E-state index in [1.807, 2.05) is 12.3 Å². The average molecular weight is 293 g/mol. The zero-order chi connectivity index (χ0) is 11.7. The molecule has 17 heavy (non-hydrogen) atoms. The fourth-order valence-electron chi connectivity index (χ4n) is 2.95. The smallest absolute Gasteiger partial charge is 0.106 e. The maximum Gasteiger partial charge on any atom is 0.106 e. The minimum atomic E-state index is 0.594. The van der Waals surface area contributed by atoms with E-state index in [1.54, 1.807) is 0 Å². The van der Waals surface area contributed by atoms with Gasteiger partial charge in [-0.2, -0.15) is 0 Å². The summed E-state index contributed by atoms with van der Waals surface area (Å²) in [6.07, 6.45) is 9.65. The molecule has 0 amide bonds. The monoisotopic (exact) mass is 292 g/mol. The summed E-state index contributed by atoms with van der Waals surface area (Å²) in [6, 6.07) is 4.78. The third-order valence-electron chi connectivity index (χ3n) is 3.90. The molecule has 3 rings (SSSR count). The Morgan fingerprint density at radius 1 is 1.29 bits per heavy atom. The van der Waals surface area contributed by atoms with Crippen LogP contribution in [-0.2, 0) is 0 Å². The van der Waals surface area contributed by atoms with Crippen LogP contribution in [0.3, 0.4) is 0 Å². The Morgan fingerprint density at radius 2 is 2.24 bits per heavy atom. The second kappa shape index (κ2) is 4.91. The van der Waals surface area contributed by atoms with Gasteiger partial charge in [-0.1, -0.05) is 12.1 Å². The fourth-order valence-corrected chi connectivity index (χ4v) is 3.18. The highest BCUT2D eigenvalue weighted by molar-refractivity contribution is 9.10. The Labute approximate surface area is 111 Å². The van der Waals surface area contributed by atoms with Crippen molar-refractivity contribution in [2.75, 3.05) is 6.54 Å². The standard InChI is InChI=1S/C14H17BrN2/c15-14-6-5-12(9-17-14)11-4-3-10-2-1-7-16-13(10)8-11/h5-6,8-10,13,16H,1-4,7H2/t10-,13+/m0/s1. The van der Waals surface area contributed by atoms with E-state index in [9.17, 15) is 0 Å². The molecule has 1 aliphatic carbocycles. The molecule has 0 unspecified atom stereocenters. The van der Waals surface area contributed by atoms with E-state index in [2.05, 4.69) is 38.4 Å². The first-order valence-corrected chi connectivity index (χ1v) is 7.18. The molecule has 0 aromatic carbocycles. The first kappa shape index (κ1) is 11.4. The summed E-state index contributed by atoms with van der Waals surface area (Å²) >= 11 is 3.38. The molecule has 1 aromatic heterocycles. The predicted octanol–water partition coefficient (Wildman–Crippen LogP) is 3.39. The quantitative estimate of drug-likeness (QED) is 0.803. The molecule has 0 bridgehead atoms. The van der Waals surface area contributed by atoms with Crippen LogP contribution in [0.1, 0.15) is 31.2 Å². The minimum Gasteiger partial charge on any atom is -0.310 e.